The normalized spacial score (nSPS) is 11.8. The molecule has 18 heavy (non-hydrogen) atoms. The summed E-state index contributed by atoms with van der Waals surface area (Å²) in [4.78, 5) is 0. The number of hydrogen-bond acceptors (Lipinski definition) is 2. The molecular formula is C12H12F3N3. The van der Waals surface area contributed by atoms with Crippen molar-refractivity contribution in [1.82, 2.24) is 9.78 Å². The summed E-state index contributed by atoms with van der Waals surface area (Å²) in [6, 6.07) is 5.22. The Balaban J connectivity index is 2.29. The molecule has 0 aliphatic carbocycles. The number of hydrogen-bond donors (Lipinski definition) is 1. The second kappa shape index (κ2) is 4.36. The zero-order valence-electron chi connectivity index (χ0n) is 9.70. The number of anilines is 1. The van der Waals surface area contributed by atoms with Gasteiger partial charge in [-0.2, -0.15) is 18.3 Å². The van der Waals surface area contributed by atoms with Crippen molar-refractivity contribution in [3.63, 3.8) is 0 Å². The number of nitrogens with zero attached hydrogens (tertiary/aromatic N) is 2. The smallest absolute Gasteiger partial charge is 0.398 e. The third-order valence-corrected chi connectivity index (χ3v) is 2.77. The van der Waals surface area contributed by atoms with Gasteiger partial charge in [0.25, 0.3) is 0 Å². The van der Waals surface area contributed by atoms with Gasteiger partial charge < -0.3 is 5.73 Å². The summed E-state index contributed by atoms with van der Waals surface area (Å²) in [5.74, 6) is 0. The first-order chi connectivity index (χ1) is 8.38. The lowest BCUT2D eigenvalue weighted by atomic mass is 10.0. The van der Waals surface area contributed by atoms with Gasteiger partial charge in [0.15, 0.2) is 0 Å². The third kappa shape index (κ3) is 2.47. The number of rotatable bonds is 2. The largest absolute Gasteiger partial charge is 0.416 e. The highest BCUT2D eigenvalue weighted by molar-refractivity contribution is 5.51. The van der Waals surface area contributed by atoms with Crippen molar-refractivity contribution < 1.29 is 13.2 Å². The molecule has 0 bridgehead atoms. The van der Waals surface area contributed by atoms with Gasteiger partial charge in [-0.25, -0.2) is 0 Å². The Hall–Kier alpha value is -1.98. The number of alkyl halides is 3. The molecule has 1 aromatic heterocycles. The van der Waals surface area contributed by atoms with Gasteiger partial charge >= 0.3 is 6.18 Å². The van der Waals surface area contributed by atoms with E-state index in [2.05, 4.69) is 5.10 Å². The Bertz CT molecular complexity index is 558. The first-order valence-corrected chi connectivity index (χ1v) is 5.30. The van der Waals surface area contributed by atoms with E-state index in [1.54, 1.807) is 24.0 Å². The van der Waals surface area contributed by atoms with E-state index in [1.807, 2.05) is 0 Å². The lowest BCUT2D eigenvalue weighted by Crippen LogP contribution is -2.07. The fraction of sp³-hybridized carbons (Fsp3) is 0.250. The van der Waals surface area contributed by atoms with Crippen molar-refractivity contribution in [1.29, 1.82) is 0 Å². The Labute approximate surface area is 102 Å². The maximum absolute atomic E-state index is 12.5. The minimum Gasteiger partial charge on any atom is -0.398 e. The molecular weight excluding hydrogens is 243 g/mol. The molecule has 0 radical (unpaired) electrons. The topological polar surface area (TPSA) is 43.8 Å². The van der Waals surface area contributed by atoms with Gasteiger partial charge in [-0.3, -0.25) is 4.68 Å². The van der Waals surface area contributed by atoms with Gasteiger partial charge in [-0.15, -0.1) is 0 Å². The Morgan fingerprint density at radius 2 is 2.00 bits per heavy atom. The minimum absolute atomic E-state index is 0.144. The van der Waals surface area contributed by atoms with Crippen LogP contribution in [-0.4, -0.2) is 9.78 Å². The average molecular weight is 255 g/mol. The quantitative estimate of drug-likeness (QED) is 0.838. The molecule has 1 aromatic carbocycles. The van der Waals surface area contributed by atoms with E-state index in [1.165, 1.54) is 6.07 Å². The monoisotopic (exact) mass is 255 g/mol. The lowest BCUT2D eigenvalue weighted by Gasteiger charge is -2.11. The fourth-order valence-electron chi connectivity index (χ4n) is 1.70. The zero-order chi connectivity index (χ0) is 13.3. The molecule has 0 amide bonds. The molecule has 0 atom stereocenters. The van der Waals surface area contributed by atoms with E-state index in [-0.39, 0.29) is 5.69 Å². The van der Waals surface area contributed by atoms with Gasteiger partial charge in [0.05, 0.1) is 5.56 Å². The average Bonchev–Trinajstić information content (AvgIpc) is 2.66. The fourth-order valence-corrected chi connectivity index (χ4v) is 1.70. The first-order valence-electron chi connectivity index (χ1n) is 5.30. The molecule has 0 unspecified atom stereocenters. The van der Waals surface area contributed by atoms with E-state index in [9.17, 15) is 13.2 Å². The predicted octanol–water partition coefficient (Wildman–Crippen LogP) is 2.61. The lowest BCUT2D eigenvalue weighted by molar-refractivity contribution is -0.137. The first kappa shape index (κ1) is 12.5. The molecule has 2 aromatic rings. The highest BCUT2D eigenvalue weighted by Crippen LogP contribution is 2.31. The molecule has 0 saturated heterocycles. The zero-order valence-corrected chi connectivity index (χ0v) is 9.70. The molecule has 96 valence electrons. The number of aryl methyl sites for hydroxylation is 1. The van der Waals surface area contributed by atoms with Crippen LogP contribution in [0.15, 0.2) is 30.5 Å². The number of benzene rings is 1. The summed E-state index contributed by atoms with van der Waals surface area (Å²) in [6.45, 7) is 0. The number of aromatic nitrogens is 2. The number of nitrogens with two attached hydrogens (primary N) is 1. The van der Waals surface area contributed by atoms with Crippen LogP contribution in [0.1, 0.15) is 16.8 Å². The highest BCUT2D eigenvalue weighted by Gasteiger charge is 2.30. The predicted molar refractivity (Wildman–Crippen MR) is 61.9 cm³/mol. The molecule has 6 heteroatoms. The Morgan fingerprint density at radius 1 is 1.28 bits per heavy atom. The number of nitrogen functional groups attached to an aromatic ring is 1. The molecule has 0 spiro atoms. The van der Waals surface area contributed by atoms with Crippen LogP contribution in [0.3, 0.4) is 0 Å². The minimum atomic E-state index is -4.36. The molecule has 0 aliphatic rings. The Morgan fingerprint density at radius 3 is 2.50 bits per heavy atom. The maximum Gasteiger partial charge on any atom is 0.416 e. The highest BCUT2D eigenvalue weighted by atomic mass is 19.4. The van der Waals surface area contributed by atoms with E-state index in [0.29, 0.717) is 12.0 Å². The van der Waals surface area contributed by atoms with E-state index in [4.69, 9.17) is 5.73 Å². The van der Waals surface area contributed by atoms with Crippen molar-refractivity contribution in [3.8, 4) is 0 Å². The van der Waals surface area contributed by atoms with Crippen LogP contribution < -0.4 is 5.73 Å². The SMILES string of the molecule is Cn1nccc1Cc1ccc(C(F)(F)F)cc1N. The molecule has 3 nitrogen and oxygen atoms in total. The van der Waals surface area contributed by atoms with Gasteiger partial charge in [0, 0.05) is 31.0 Å². The molecule has 0 fully saturated rings. The molecule has 0 saturated carbocycles. The van der Waals surface area contributed by atoms with E-state index in [0.717, 1.165) is 17.8 Å². The van der Waals surface area contributed by atoms with Crippen LogP contribution in [0.4, 0.5) is 18.9 Å². The summed E-state index contributed by atoms with van der Waals surface area (Å²) in [5.41, 5.74) is 6.62. The maximum atomic E-state index is 12.5. The second-order valence-electron chi connectivity index (χ2n) is 4.03. The van der Waals surface area contributed by atoms with Gasteiger partial charge in [-0.05, 0) is 23.8 Å². The van der Waals surface area contributed by atoms with Crippen LogP contribution in [-0.2, 0) is 19.6 Å². The van der Waals surface area contributed by atoms with Gasteiger partial charge in [0.1, 0.15) is 0 Å². The van der Waals surface area contributed by atoms with E-state index >= 15 is 0 Å². The third-order valence-electron chi connectivity index (χ3n) is 2.77. The van der Waals surface area contributed by atoms with Gasteiger partial charge in [0.2, 0.25) is 0 Å². The standard InChI is InChI=1S/C12H12F3N3/c1-18-10(4-5-17-18)6-8-2-3-9(7-11(8)16)12(13,14)15/h2-5,7H,6,16H2,1H3. The van der Waals surface area contributed by atoms with Crippen molar-refractivity contribution in [2.24, 2.45) is 7.05 Å². The number of halogens is 3. The molecule has 1 heterocycles. The Kier molecular flexibility index (Phi) is 3.02. The van der Waals surface area contributed by atoms with Crippen molar-refractivity contribution >= 4 is 5.69 Å². The summed E-state index contributed by atoms with van der Waals surface area (Å²) < 4.78 is 39.1. The summed E-state index contributed by atoms with van der Waals surface area (Å²) in [6.07, 6.45) is -2.27. The molecule has 2 N–H and O–H groups in total. The van der Waals surface area contributed by atoms with Crippen LogP contribution in [0.5, 0.6) is 0 Å². The van der Waals surface area contributed by atoms with E-state index < -0.39 is 11.7 Å². The van der Waals surface area contributed by atoms with Crippen molar-refractivity contribution in [2.45, 2.75) is 12.6 Å². The molecule has 0 aliphatic heterocycles. The van der Waals surface area contributed by atoms with Crippen LogP contribution in [0.25, 0.3) is 0 Å². The summed E-state index contributed by atoms with van der Waals surface area (Å²) in [7, 11) is 1.77. The summed E-state index contributed by atoms with van der Waals surface area (Å²) in [5, 5.41) is 4.00. The van der Waals surface area contributed by atoms with Crippen molar-refractivity contribution in [2.75, 3.05) is 5.73 Å². The van der Waals surface area contributed by atoms with Crippen LogP contribution in [0, 0.1) is 0 Å². The van der Waals surface area contributed by atoms with Gasteiger partial charge in [-0.1, -0.05) is 6.07 Å². The second-order valence-corrected chi connectivity index (χ2v) is 4.03. The van der Waals surface area contributed by atoms with Crippen molar-refractivity contribution in [3.05, 3.63) is 47.3 Å². The molecule has 2 rings (SSSR count). The van der Waals surface area contributed by atoms with Crippen LogP contribution in [0.2, 0.25) is 0 Å². The van der Waals surface area contributed by atoms with Crippen LogP contribution >= 0.6 is 0 Å². The summed E-state index contributed by atoms with van der Waals surface area (Å²) >= 11 is 0.